The maximum absolute atomic E-state index is 11.9. The Bertz CT molecular complexity index is 659. The molecule has 0 radical (unpaired) electrons. The molecule has 2 heterocycles. The van der Waals surface area contributed by atoms with E-state index in [1.54, 1.807) is 12.1 Å². The van der Waals surface area contributed by atoms with Crippen LogP contribution in [0.5, 0.6) is 0 Å². The zero-order valence-corrected chi connectivity index (χ0v) is 10.5. The van der Waals surface area contributed by atoms with Crippen LogP contribution >= 0.6 is 0 Å². The standard InChI is InChI=1S/C10H11N3O5S/c14-10(15)8-6-11-13-9(8)19(16,17)12-4-3-7-2-1-5-18-7/h1-2,5-6,12H,3-4H2,(H,11,13)(H,14,15). The van der Waals surface area contributed by atoms with Crippen molar-refractivity contribution in [2.24, 2.45) is 0 Å². The van der Waals surface area contributed by atoms with Crippen LogP contribution in [0.25, 0.3) is 0 Å². The number of nitrogens with zero attached hydrogens (tertiary/aromatic N) is 1. The molecule has 102 valence electrons. The third-order valence-corrected chi connectivity index (χ3v) is 3.78. The lowest BCUT2D eigenvalue weighted by Gasteiger charge is -2.04. The summed E-state index contributed by atoms with van der Waals surface area (Å²) < 4.78 is 31.1. The first-order chi connectivity index (χ1) is 9.00. The van der Waals surface area contributed by atoms with Crippen molar-refractivity contribution in [3.63, 3.8) is 0 Å². The summed E-state index contributed by atoms with van der Waals surface area (Å²) >= 11 is 0. The number of hydrogen-bond donors (Lipinski definition) is 3. The molecule has 0 saturated carbocycles. The number of sulfonamides is 1. The summed E-state index contributed by atoms with van der Waals surface area (Å²) in [6, 6.07) is 3.41. The first-order valence-electron chi connectivity index (χ1n) is 5.29. The molecule has 0 atom stereocenters. The highest BCUT2D eigenvalue weighted by Gasteiger charge is 2.24. The van der Waals surface area contributed by atoms with Crippen molar-refractivity contribution >= 4 is 16.0 Å². The number of rotatable bonds is 6. The molecule has 0 saturated heterocycles. The second-order valence-corrected chi connectivity index (χ2v) is 5.35. The third-order valence-electron chi connectivity index (χ3n) is 2.35. The number of furan rings is 1. The van der Waals surface area contributed by atoms with Crippen LogP contribution < -0.4 is 4.72 Å². The normalized spacial score (nSPS) is 11.6. The van der Waals surface area contributed by atoms with E-state index in [9.17, 15) is 13.2 Å². The first kappa shape index (κ1) is 13.3. The quantitative estimate of drug-likeness (QED) is 0.697. The van der Waals surface area contributed by atoms with Crippen molar-refractivity contribution in [2.45, 2.75) is 11.4 Å². The lowest BCUT2D eigenvalue weighted by atomic mass is 10.3. The summed E-state index contributed by atoms with van der Waals surface area (Å²) in [6.07, 6.45) is 2.80. The maximum atomic E-state index is 11.9. The number of H-pyrrole nitrogens is 1. The van der Waals surface area contributed by atoms with Crippen LogP contribution in [0.2, 0.25) is 0 Å². The molecule has 0 bridgehead atoms. The molecule has 2 aromatic rings. The Morgan fingerprint density at radius 1 is 1.53 bits per heavy atom. The molecular weight excluding hydrogens is 274 g/mol. The van der Waals surface area contributed by atoms with Gasteiger partial charge in [0, 0.05) is 13.0 Å². The predicted molar refractivity (Wildman–Crippen MR) is 63.1 cm³/mol. The number of aromatic nitrogens is 2. The molecule has 8 nitrogen and oxygen atoms in total. The van der Waals surface area contributed by atoms with Gasteiger partial charge in [-0.15, -0.1) is 0 Å². The number of hydrogen-bond acceptors (Lipinski definition) is 5. The van der Waals surface area contributed by atoms with E-state index < -0.39 is 26.6 Å². The van der Waals surface area contributed by atoms with Crippen LogP contribution in [0.4, 0.5) is 0 Å². The molecule has 2 aromatic heterocycles. The number of carboxylic acids is 1. The van der Waals surface area contributed by atoms with E-state index in [0.717, 1.165) is 6.20 Å². The minimum atomic E-state index is -3.94. The van der Waals surface area contributed by atoms with Gasteiger partial charge in [-0.1, -0.05) is 0 Å². The second kappa shape index (κ2) is 5.24. The van der Waals surface area contributed by atoms with Gasteiger partial charge in [-0.25, -0.2) is 17.9 Å². The first-order valence-corrected chi connectivity index (χ1v) is 6.78. The molecular formula is C10H11N3O5S. The number of carbonyl (C=O) groups is 1. The largest absolute Gasteiger partial charge is 0.478 e. The smallest absolute Gasteiger partial charge is 0.340 e. The number of carboxylic acid groups (broad SMARTS) is 1. The summed E-state index contributed by atoms with van der Waals surface area (Å²) in [4.78, 5) is 10.8. The predicted octanol–water partition coefficient (Wildman–Crippen LogP) is 0.222. The van der Waals surface area contributed by atoms with Gasteiger partial charge in [-0.05, 0) is 12.1 Å². The van der Waals surface area contributed by atoms with E-state index in [1.807, 2.05) is 0 Å². The van der Waals surface area contributed by atoms with Crippen molar-refractivity contribution in [1.29, 1.82) is 0 Å². The van der Waals surface area contributed by atoms with Gasteiger partial charge in [-0.2, -0.15) is 5.10 Å². The Labute approximate surface area is 108 Å². The zero-order chi connectivity index (χ0) is 13.9. The van der Waals surface area contributed by atoms with Gasteiger partial charge in [0.2, 0.25) is 0 Å². The summed E-state index contributed by atoms with van der Waals surface area (Å²) in [5, 5.41) is 14.0. The van der Waals surface area contributed by atoms with Gasteiger partial charge in [0.15, 0.2) is 5.03 Å². The van der Waals surface area contributed by atoms with Gasteiger partial charge in [0.25, 0.3) is 10.0 Å². The van der Waals surface area contributed by atoms with Crippen LogP contribution in [-0.4, -0.2) is 36.2 Å². The number of aromatic carboxylic acids is 1. The summed E-state index contributed by atoms with van der Waals surface area (Å²) in [6.45, 7) is 0.0912. The minimum Gasteiger partial charge on any atom is -0.478 e. The molecule has 0 aliphatic heterocycles. The summed E-state index contributed by atoms with van der Waals surface area (Å²) in [5.74, 6) is -0.731. The van der Waals surface area contributed by atoms with Crippen molar-refractivity contribution in [2.75, 3.05) is 6.54 Å². The van der Waals surface area contributed by atoms with Crippen LogP contribution in [0.3, 0.4) is 0 Å². The summed E-state index contributed by atoms with van der Waals surface area (Å²) in [7, 11) is -3.94. The van der Waals surface area contributed by atoms with E-state index in [1.165, 1.54) is 6.26 Å². The fourth-order valence-corrected chi connectivity index (χ4v) is 2.58. The van der Waals surface area contributed by atoms with Gasteiger partial charge < -0.3 is 9.52 Å². The molecule has 0 unspecified atom stereocenters. The zero-order valence-electron chi connectivity index (χ0n) is 9.66. The molecule has 3 N–H and O–H groups in total. The van der Waals surface area contributed by atoms with Gasteiger partial charge >= 0.3 is 5.97 Å². The van der Waals surface area contributed by atoms with E-state index in [-0.39, 0.29) is 6.54 Å². The van der Waals surface area contributed by atoms with Crippen LogP contribution in [-0.2, 0) is 16.4 Å². The number of aromatic amines is 1. The molecule has 2 rings (SSSR count). The Morgan fingerprint density at radius 2 is 2.32 bits per heavy atom. The molecule has 0 spiro atoms. The van der Waals surface area contributed by atoms with E-state index >= 15 is 0 Å². The van der Waals surface area contributed by atoms with E-state index in [4.69, 9.17) is 9.52 Å². The molecule has 19 heavy (non-hydrogen) atoms. The van der Waals surface area contributed by atoms with Crippen LogP contribution in [0, 0.1) is 0 Å². The van der Waals surface area contributed by atoms with Crippen molar-refractivity contribution < 1.29 is 22.7 Å². The average molecular weight is 285 g/mol. The average Bonchev–Trinajstić information content (AvgIpc) is 2.99. The van der Waals surface area contributed by atoms with E-state index in [2.05, 4.69) is 14.9 Å². The van der Waals surface area contributed by atoms with Gasteiger partial charge in [0.05, 0.1) is 12.5 Å². The third kappa shape index (κ3) is 3.01. The SMILES string of the molecule is O=C(O)c1cn[nH]c1S(=O)(=O)NCCc1ccco1. The highest BCUT2D eigenvalue weighted by atomic mass is 32.2. The minimum absolute atomic E-state index is 0.0912. The lowest BCUT2D eigenvalue weighted by Crippen LogP contribution is -2.27. The molecule has 0 aliphatic rings. The fourth-order valence-electron chi connectivity index (χ4n) is 1.47. The highest BCUT2D eigenvalue weighted by molar-refractivity contribution is 7.89. The highest BCUT2D eigenvalue weighted by Crippen LogP contribution is 2.11. The van der Waals surface area contributed by atoms with E-state index in [0.29, 0.717) is 12.2 Å². The van der Waals surface area contributed by atoms with Crippen molar-refractivity contribution in [3.05, 3.63) is 35.9 Å². The Balaban J connectivity index is 2.06. The second-order valence-electron chi connectivity index (χ2n) is 3.65. The Morgan fingerprint density at radius 3 is 2.95 bits per heavy atom. The molecule has 0 aromatic carbocycles. The van der Waals surface area contributed by atoms with Crippen LogP contribution in [0.1, 0.15) is 16.1 Å². The van der Waals surface area contributed by atoms with Gasteiger partial charge in [0.1, 0.15) is 11.3 Å². The number of nitrogens with one attached hydrogen (secondary N) is 2. The Hall–Kier alpha value is -2.13. The van der Waals surface area contributed by atoms with Crippen molar-refractivity contribution in [1.82, 2.24) is 14.9 Å². The van der Waals surface area contributed by atoms with Gasteiger partial charge in [-0.3, -0.25) is 5.10 Å². The summed E-state index contributed by atoms with van der Waals surface area (Å²) in [5.41, 5.74) is -0.398. The maximum Gasteiger partial charge on any atom is 0.340 e. The molecule has 0 fully saturated rings. The van der Waals surface area contributed by atoms with Crippen molar-refractivity contribution in [3.8, 4) is 0 Å². The molecule has 9 heteroatoms. The fraction of sp³-hybridized carbons (Fsp3) is 0.200. The molecule has 0 amide bonds. The monoisotopic (exact) mass is 285 g/mol. The Kier molecular flexibility index (Phi) is 3.67. The topological polar surface area (TPSA) is 125 Å². The van der Waals surface area contributed by atoms with Crippen LogP contribution in [0.15, 0.2) is 34.0 Å². The molecule has 0 aliphatic carbocycles. The lowest BCUT2D eigenvalue weighted by molar-refractivity contribution is 0.0692.